The molecule has 0 atom stereocenters. The summed E-state index contributed by atoms with van der Waals surface area (Å²) in [4.78, 5) is 35.3. The van der Waals surface area contributed by atoms with Crippen LogP contribution in [0.4, 0.5) is 5.95 Å². The van der Waals surface area contributed by atoms with Crippen LogP contribution >= 0.6 is 0 Å². The van der Waals surface area contributed by atoms with Crippen molar-refractivity contribution in [2.75, 3.05) is 5.73 Å². The SMILES string of the molecule is C1CCCC1.Nc1nc(C(=O)N2Cc3ccccc3C2)c2cc(-c3ccccc3C(=O)O)ccc2n1. The molecular formula is C29H28N4O3. The maximum absolute atomic E-state index is 13.4. The molecule has 6 rings (SSSR count). The number of aromatic nitrogens is 2. The van der Waals surface area contributed by atoms with E-state index in [1.165, 1.54) is 32.1 Å². The van der Waals surface area contributed by atoms with Crippen molar-refractivity contribution >= 4 is 28.7 Å². The van der Waals surface area contributed by atoms with Gasteiger partial charge in [-0.05, 0) is 40.5 Å². The summed E-state index contributed by atoms with van der Waals surface area (Å²) in [5.41, 5.74) is 10.3. The van der Waals surface area contributed by atoms with Crippen molar-refractivity contribution in [2.24, 2.45) is 0 Å². The summed E-state index contributed by atoms with van der Waals surface area (Å²) in [7, 11) is 0. The Morgan fingerprint density at radius 2 is 1.42 bits per heavy atom. The normalized spacial score (nSPS) is 14.3. The van der Waals surface area contributed by atoms with E-state index in [4.69, 9.17) is 5.73 Å². The van der Waals surface area contributed by atoms with Gasteiger partial charge in [0.1, 0.15) is 5.69 Å². The number of carboxylic acids is 1. The molecular weight excluding hydrogens is 452 g/mol. The van der Waals surface area contributed by atoms with E-state index in [9.17, 15) is 14.7 Å². The van der Waals surface area contributed by atoms with Gasteiger partial charge in [0.2, 0.25) is 5.95 Å². The first-order valence-corrected chi connectivity index (χ1v) is 12.3. The average Bonchev–Trinajstić information content (AvgIpc) is 3.61. The summed E-state index contributed by atoms with van der Waals surface area (Å²) >= 11 is 0. The molecule has 1 amide bonds. The molecule has 2 aliphatic rings. The molecule has 1 saturated carbocycles. The molecule has 0 bridgehead atoms. The molecule has 1 aliphatic heterocycles. The third-order valence-corrected chi connectivity index (χ3v) is 6.76. The second kappa shape index (κ2) is 10.2. The lowest BCUT2D eigenvalue weighted by atomic mass is 9.97. The fourth-order valence-electron chi connectivity index (χ4n) is 4.91. The smallest absolute Gasteiger partial charge is 0.336 e. The van der Waals surface area contributed by atoms with Gasteiger partial charge < -0.3 is 15.7 Å². The number of hydrogen-bond donors (Lipinski definition) is 2. The van der Waals surface area contributed by atoms with Gasteiger partial charge in [-0.2, -0.15) is 0 Å². The summed E-state index contributed by atoms with van der Waals surface area (Å²) in [6, 6.07) is 19.9. The lowest BCUT2D eigenvalue weighted by Gasteiger charge is -2.17. The predicted octanol–water partition coefficient (Wildman–Crippen LogP) is 5.68. The average molecular weight is 481 g/mol. The van der Waals surface area contributed by atoms with Gasteiger partial charge in [-0.3, -0.25) is 4.79 Å². The predicted molar refractivity (Wildman–Crippen MR) is 139 cm³/mol. The van der Waals surface area contributed by atoms with Gasteiger partial charge >= 0.3 is 5.97 Å². The van der Waals surface area contributed by atoms with E-state index in [1.807, 2.05) is 24.3 Å². The number of anilines is 1. The number of carboxylic acid groups (broad SMARTS) is 1. The van der Waals surface area contributed by atoms with E-state index in [-0.39, 0.29) is 23.1 Å². The number of amides is 1. The van der Waals surface area contributed by atoms with E-state index in [1.54, 1.807) is 47.4 Å². The van der Waals surface area contributed by atoms with Crippen LogP contribution in [0.2, 0.25) is 0 Å². The van der Waals surface area contributed by atoms with Crippen LogP contribution in [-0.4, -0.2) is 31.9 Å². The highest BCUT2D eigenvalue weighted by atomic mass is 16.4. The van der Waals surface area contributed by atoms with Crippen LogP contribution in [0.3, 0.4) is 0 Å². The maximum Gasteiger partial charge on any atom is 0.336 e. The molecule has 2 heterocycles. The summed E-state index contributed by atoms with van der Waals surface area (Å²) in [5.74, 6) is -1.24. The van der Waals surface area contributed by atoms with Crippen molar-refractivity contribution < 1.29 is 14.7 Å². The van der Waals surface area contributed by atoms with Crippen LogP contribution in [0.5, 0.6) is 0 Å². The highest BCUT2D eigenvalue weighted by Gasteiger charge is 2.27. The van der Waals surface area contributed by atoms with Gasteiger partial charge in [-0.15, -0.1) is 0 Å². The highest BCUT2D eigenvalue weighted by Crippen LogP contribution is 2.30. The molecule has 1 fully saturated rings. The molecule has 7 nitrogen and oxygen atoms in total. The zero-order valence-electron chi connectivity index (χ0n) is 20.0. The molecule has 3 aromatic carbocycles. The molecule has 182 valence electrons. The van der Waals surface area contributed by atoms with Crippen molar-refractivity contribution in [3.8, 4) is 11.1 Å². The third kappa shape index (κ3) is 4.77. The van der Waals surface area contributed by atoms with E-state index in [0.29, 0.717) is 35.1 Å². The number of hydrogen-bond acceptors (Lipinski definition) is 5. The van der Waals surface area contributed by atoms with Crippen LogP contribution in [0, 0.1) is 0 Å². The molecule has 7 heteroatoms. The molecule has 1 aromatic heterocycles. The number of carbonyl (C=O) groups is 2. The van der Waals surface area contributed by atoms with Gasteiger partial charge in [0.25, 0.3) is 5.91 Å². The van der Waals surface area contributed by atoms with Gasteiger partial charge in [0, 0.05) is 18.5 Å². The van der Waals surface area contributed by atoms with Crippen molar-refractivity contribution in [1.82, 2.24) is 14.9 Å². The van der Waals surface area contributed by atoms with Crippen LogP contribution in [-0.2, 0) is 13.1 Å². The summed E-state index contributed by atoms with van der Waals surface area (Å²) < 4.78 is 0. The number of carbonyl (C=O) groups excluding carboxylic acids is 1. The second-order valence-electron chi connectivity index (χ2n) is 9.21. The fourth-order valence-corrected chi connectivity index (χ4v) is 4.91. The van der Waals surface area contributed by atoms with Crippen molar-refractivity contribution in [3.05, 3.63) is 89.1 Å². The van der Waals surface area contributed by atoms with E-state index >= 15 is 0 Å². The molecule has 0 unspecified atom stereocenters. The molecule has 36 heavy (non-hydrogen) atoms. The minimum Gasteiger partial charge on any atom is -0.478 e. The molecule has 0 saturated heterocycles. The number of fused-ring (bicyclic) bond motifs is 2. The standard InChI is InChI=1S/C24H18N4O3.C5H10/c25-24-26-20-10-9-14(17-7-3-4-8-18(17)23(30)31)11-19(20)21(27-24)22(29)28-12-15-5-1-2-6-16(15)13-28;1-2-4-5-3-1/h1-11H,12-13H2,(H,30,31)(H2,25,26,27);1-5H2. The second-order valence-corrected chi connectivity index (χ2v) is 9.21. The molecule has 1 aliphatic carbocycles. The van der Waals surface area contributed by atoms with Crippen molar-refractivity contribution in [2.45, 2.75) is 45.2 Å². The lowest BCUT2D eigenvalue weighted by molar-refractivity contribution is 0.0696. The Morgan fingerprint density at radius 3 is 2.06 bits per heavy atom. The lowest BCUT2D eigenvalue weighted by Crippen LogP contribution is -2.27. The number of aromatic carboxylic acids is 1. The van der Waals surface area contributed by atoms with Crippen molar-refractivity contribution in [1.29, 1.82) is 0 Å². The Balaban J connectivity index is 0.000000477. The van der Waals surface area contributed by atoms with Crippen LogP contribution in [0.1, 0.15) is 64.1 Å². The number of nitrogens with two attached hydrogens (primary N) is 1. The summed E-state index contributed by atoms with van der Waals surface area (Å²) in [5, 5.41) is 10.1. The van der Waals surface area contributed by atoms with Gasteiger partial charge in [0.15, 0.2) is 0 Å². The Labute approximate surface area is 209 Å². The zero-order chi connectivity index (χ0) is 25.1. The zero-order valence-corrected chi connectivity index (χ0v) is 20.0. The topological polar surface area (TPSA) is 109 Å². The Morgan fingerprint density at radius 1 is 0.806 bits per heavy atom. The van der Waals surface area contributed by atoms with Gasteiger partial charge in [-0.25, -0.2) is 14.8 Å². The molecule has 4 aromatic rings. The highest BCUT2D eigenvalue weighted by molar-refractivity contribution is 6.06. The molecule has 0 radical (unpaired) electrons. The van der Waals surface area contributed by atoms with E-state index < -0.39 is 5.97 Å². The first-order valence-electron chi connectivity index (χ1n) is 12.3. The summed E-state index contributed by atoms with van der Waals surface area (Å²) in [6.45, 7) is 1.00. The Hall–Kier alpha value is -4.26. The van der Waals surface area contributed by atoms with E-state index in [0.717, 1.165) is 11.1 Å². The first kappa shape index (κ1) is 23.5. The number of rotatable bonds is 3. The van der Waals surface area contributed by atoms with Gasteiger partial charge in [0.05, 0.1) is 11.1 Å². The Kier molecular flexibility index (Phi) is 6.62. The molecule has 0 spiro atoms. The number of nitrogens with zero attached hydrogens (tertiary/aromatic N) is 3. The van der Waals surface area contributed by atoms with Crippen LogP contribution in [0.15, 0.2) is 66.7 Å². The Bertz CT molecular complexity index is 1410. The van der Waals surface area contributed by atoms with Crippen molar-refractivity contribution in [3.63, 3.8) is 0 Å². The number of benzene rings is 3. The minimum absolute atomic E-state index is 0.0197. The quantitative estimate of drug-likeness (QED) is 0.390. The largest absolute Gasteiger partial charge is 0.478 e. The third-order valence-electron chi connectivity index (χ3n) is 6.76. The van der Waals surface area contributed by atoms with Crippen LogP contribution < -0.4 is 5.73 Å². The maximum atomic E-state index is 13.4. The minimum atomic E-state index is -1.02. The number of nitrogen functional groups attached to an aromatic ring is 1. The summed E-state index contributed by atoms with van der Waals surface area (Å²) in [6.07, 6.45) is 7.50. The monoisotopic (exact) mass is 480 g/mol. The van der Waals surface area contributed by atoms with Gasteiger partial charge in [-0.1, -0.05) is 80.6 Å². The fraction of sp³-hybridized carbons (Fsp3) is 0.241. The first-order chi connectivity index (χ1) is 17.5. The van der Waals surface area contributed by atoms with Crippen LogP contribution in [0.25, 0.3) is 22.0 Å². The molecule has 3 N–H and O–H groups in total. The van der Waals surface area contributed by atoms with E-state index in [2.05, 4.69) is 9.97 Å².